The standard InChI is InChI=1S/C19H19FN2O3S3/c1-12-6-7-16(26-12)28(24,25)22-10-8-21(9-11-22)19(23)18-13(2)17-14(20)4-3-5-15(17)27-18/h3-7H,8-11H2,1-2H3. The zero-order chi connectivity index (χ0) is 20.1. The summed E-state index contributed by atoms with van der Waals surface area (Å²) in [6.45, 7) is 4.77. The predicted octanol–water partition coefficient (Wildman–Crippen LogP) is 3.87. The van der Waals surface area contributed by atoms with Gasteiger partial charge in [0.15, 0.2) is 0 Å². The van der Waals surface area contributed by atoms with Crippen LogP contribution < -0.4 is 0 Å². The number of halogens is 1. The average molecular weight is 439 g/mol. The Morgan fingerprint density at radius 3 is 2.36 bits per heavy atom. The fourth-order valence-electron chi connectivity index (χ4n) is 3.41. The second-order valence-electron chi connectivity index (χ2n) is 6.73. The lowest BCUT2D eigenvalue weighted by Crippen LogP contribution is -2.50. The van der Waals surface area contributed by atoms with E-state index in [1.165, 1.54) is 33.0 Å². The molecule has 2 aromatic heterocycles. The van der Waals surface area contributed by atoms with E-state index in [0.29, 0.717) is 33.1 Å². The van der Waals surface area contributed by atoms with Crippen LogP contribution in [0.3, 0.4) is 0 Å². The monoisotopic (exact) mass is 438 g/mol. The molecule has 9 heteroatoms. The van der Waals surface area contributed by atoms with E-state index >= 15 is 0 Å². The minimum absolute atomic E-state index is 0.165. The molecule has 0 unspecified atom stereocenters. The summed E-state index contributed by atoms with van der Waals surface area (Å²) in [5.74, 6) is -0.491. The Morgan fingerprint density at radius 2 is 1.75 bits per heavy atom. The van der Waals surface area contributed by atoms with Gasteiger partial charge >= 0.3 is 0 Å². The normalized spacial score (nSPS) is 16.0. The molecule has 0 N–H and O–H groups in total. The summed E-state index contributed by atoms with van der Waals surface area (Å²) in [4.78, 5) is 16.1. The smallest absolute Gasteiger partial charge is 0.264 e. The van der Waals surface area contributed by atoms with Crippen LogP contribution >= 0.6 is 22.7 Å². The highest BCUT2D eigenvalue weighted by Crippen LogP contribution is 2.33. The van der Waals surface area contributed by atoms with Crippen LogP contribution in [-0.2, 0) is 10.0 Å². The minimum atomic E-state index is -3.52. The van der Waals surface area contributed by atoms with Crippen molar-refractivity contribution < 1.29 is 17.6 Å². The number of hydrogen-bond donors (Lipinski definition) is 0. The number of carbonyl (C=O) groups excluding carboxylic acids is 1. The first kappa shape index (κ1) is 19.5. The third kappa shape index (κ3) is 3.26. The number of sulfonamides is 1. The van der Waals surface area contributed by atoms with E-state index in [4.69, 9.17) is 0 Å². The van der Waals surface area contributed by atoms with Crippen molar-refractivity contribution in [2.45, 2.75) is 18.1 Å². The number of fused-ring (bicyclic) bond motifs is 1. The highest BCUT2D eigenvalue weighted by Gasteiger charge is 2.32. The zero-order valence-electron chi connectivity index (χ0n) is 15.4. The minimum Gasteiger partial charge on any atom is -0.335 e. The highest BCUT2D eigenvalue weighted by molar-refractivity contribution is 7.91. The molecule has 0 bridgehead atoms. The van der Waals surface area contributed by atoms with E-state index in [9.17, 15) is 17.6 Å². The lowest BCUT2D eigenvalue weighted by atomic mass is 10.1. The van der Waals surface area contributed by atoms with Crippen LogP contribution in [-0.4, -0.2) is 49.7 Å². The van der Waals surface area contributed by atoms with Gasteiger partial charge in [-0.1, -0.05) is 6.07 Å². The molecule has 148 valence electrons. The van der Waals surface area contributed by atoms with Crippen molar-refractivity contribution in [1.82, 2.24) is 9.21 Å². The van der Waals surface area contributed by atoms with E-state index in [1.807, 2.05) is 6.92 Å². The molecule has 1 fully saturated rings. The van der Waals surface area contributed by atoms with Gasteiger partial charge < -0.3 is 4.90 Å². The molecule has 0 radical (unpaired) electrons. The van der Waals surface area contributed by atoms with E-state index in [1.54, 1.807) is 36.1 Å². The van der Waals surface area contributed by atoms with Crippen LogP contribution in [0.2, 0.25) is 0 Å². The van der Waals surface area contributed by atoms with Gasteiger partial charge in [-0.3, -0.25) is 4.79 Å². The van der Waals surface area contributed by atoms with Gasteiger partial charge in [-0.25, -0.2) is 12.8 Å². The Bertz CT molecular complexity index is 1160. The molecule has 3 aromatic rings. The van der Waals surface area contributed by atoms with Gasteiger partial charge in [0.25, 0.3) is 15.9 Å². The quantitative estimate of drug-likeness (QED) is 0.624. The van der Waals surface area contributed by atoms with Crippen LogP contribution in [0.5, 0.6) is 0 Å². The molecular formula is C19H19FN2O3S3. The van der Waals surface area contributed by atoms with Gasteiger partial charge in [-0.15, -0.1) is 22.7 Å². The number of hydrogen-bond acceptors (Lipinski definition) is 5. The van der Waals surface area contributed by atoms with Gasteiger partial charge in [-0.05, 0) is 43.7 Å². The fourth-order valence-corrected chi connectivity index (χ4v) is 7.46. The number of nitrogens with zero attached hydrogens (tertiary/aromatic N) is 2. The summed E-state index contributed by atoms with van der Waals surface area (Å²) in [5.41, 5.74) is 0.646. The van der Waals surface area contributed by atoms with Gasteiger partial charge in [0.1, 0.15) is 10.0 Å². The number of carbonyl (C=O) groups is 1. The Morgan fingerprint density at radius 1 is 1.04 bits per heavy atom. The van der Waals surface area contributed by atoms with Gasteiger partial charge in [0.2, 0.25) is 0 Å². The molecule has 0 spiro atoms. The van der Waals surface area contributed by atoms with E-state index < -0.39 is 10.0 Å². The van der Waals surface area contributed by atoms with Crippen LogP contribution in [0.1, 0.15) is 20.1 Å². The van der Waals surface area contributed by atoms with Crippen LogP contribution in [0.25, 0.3) is 10.1 Å². The second kappa shape index (κ2) is 7.22. The largest absolute Gasteiger partial charge is 0.335 e. The molecule has 1 aliphatic rings. The first-order valence-electron chi connectivity index (χ1n) is 8.82. The molecule has 1 aromatic carbocycles. The predicted molar refractivity (Wildman–Crippen MR) is 110 cm³/mol. The molecule has 1 saturated heterocycles. The average Bonchev–Trinajstić information content (AvgIpc) is 3.26. The molecule has 0 saturated carbocycles. The molecule has 5 nitrogen and oxygen atoms in total. The highest BCUT2D eigenvalue weighted by atomic mass is 32.2. The lowest BCUT2D eigenvalue weighted by molar-refractivity contribution is 0.0702. The maximum absolute atomic E-state index is 14.1. The van der Waals surface area contributed by atoms with Gasteiger partial charge in [-0.2, -0.15) is 4.31 Å². The summed E-state index contributed by atoms with van der Waals surface area (Å²) in [7, 11) is -3.52. The molecule has 28 heavy (non-hydrogen) atoms. The summed E-state index contributed by atoms with van der Waals surface area (Å²) in [5, 5.41) is 0.491. The topological polar surface area (TPSA) is 57.7 Å². The van der Waals surface area contributed by atoms with E-state index in [2.05, 4.69) is 0 Å². The van der Waals surface area contributed by atoms with Gasteiger partial charge in [0, 0.05) is 41.1 Å². The Labute approximate surface area is 171 Å². The van der Waals surface area contributed by atoms with Crippen molar-refractivity contribution in [3.63, 3.8) is 0 Å². The zero-order valence-corrected chi connectivity index (χ0v) is 17.9. The van der Waals surface area contributed by atoms with Crippen molar-refractivity contribution in [2.75, 3.05) is 26.2 Å². The van der Waals surface area contributed by atoms with E-state index in [0.717, 1.165) is 9.58 Å². The Balaban J connectivity index is 1.52. The number of rotatable bonds is 3. The van der Waals surface area contributed by atoms with Crippen molar-refractivity contribution in [3.8, 4) is 0 Å². The number of aryl methyl sites for hydroxylation is 2. The summed E-state index contributed by atoms with van der Waals surface area (Å²) >= 11 is 2.54. The Hall–Kier alpha value is -1.81. The van der Waals surface area contributed by atoms with Crippen LogP contribution in [0.4, 0.5) is 4.39 Å². The third-order valence-corrected chi connectivity index (χ3v) is 9.54. The fraction of sp³-hybridized carbons (Fsp3) is 0.316. The number of amides is 1. The number of thiophene rings is 2. The molecule has 4 rings (SSSR count). The molecular weight excluding hydrogens is 419 g/mol. The summed E-state index contributed by atoms with van der Waals surface area (Å²) in [6, 6.07) is 8.26. The molecule has 1 amide bonds. The molecule has 0 atom stereocenters. The maximum atomic E-state index is 14.1. The van der Waals surface area contributed by atoms with Crippen LogP contribution in [0.15, 0.2) is 34.5 Å². The van der Waals surface area contributed by atoms with Crippen molar-refractivity contribution in [1.29, 1.82) is 0 Å². The third-order valence-electron chi connectivity index (χ3n) is 4.93. The van der Waals surface area contributed by atoms with Crippen molar-refractivity contribution in [2.24, 2.45) is 0 Å². The molecule has 1 aliphatic heterocycles. The Kier molecular flexibility index (Phi) is 5.03. The van der Waals surface area contributed by atoms with Crippen molar-refractivity contribution in [3.05, 3.63) is 51.5 Å². The first-order chi connectivity index (χ1) is 13.3. The van der Waals surface area contributed by atoms with E-state index in [-0.39, 0.29) is 24.8 Å². The molecule has 3 heterocycles. The second-order valence-corrected chi connectivity index (χ2v) is 11.2. The maximum Gasteiger partial charge on any atom is 0.264 e. The first-order valence-corrected chi connectivity index (χ1v) is 11.9. The van der Waals surface area contributed by atoms with Crippen LogP contribution in [0, 0.1) is 19.7 Å². The summed E-state index contributed by atoms with van der Waals surface area (Å²) < 4.78 is 42.1. The van der Waals surface area contributed by atoms with Gasteiger partial charge in [0.05, 0.1) is 4.88 Å². The lowest BCUT2D eigenvalue weighted by Gasteiger charge is -2.33. The number of benzene rings is 1. The summed E-state index contributed by atoms with van der Waals surface area (Å²) in [6.07, 6.45) is 0. The SMILES string of the molecule is Cc1ccc(S(=O)(=O)N2CCN(C(=O)c3sc4cccc(F)c4c3C)CC2)s1. The number of piperazine rings is 1. The van der Waals surface area contributed by atoms with Crippen molar-refractivity contribution >= 4 is 48.7 Å². The molecule has 0 aliphatic carbocycles.